The van der Waals surface area contributed by atoms with Crippen molar-refractivity contribution in [2.75, 3.05) is 29.4 Å². The number of carbonyl (C=O) groups excluding carboxylic acids is 8. The molecule has 142 heavy (non-hydrogen) atoms. The minimum Gasteiger partial charge on any atom is -0.313 e. The lowest BCUT2D eigenvalue weighted by atomic mass is 9.95. The van der Waals surface area contributed by atoms with Crippen LogP contribution in [0.25, 0.3) is 44.5 Å². The molecule has 0 atom stereocenters. The fourth-order valence-electron chi connectivity index (χ4n) is 21.0. The SMILES string of the molecule is O=C1C(=CC2=CC=C(N3c4ccccc4-c4ccccc4-c4ccccc43)C2)C(=O)c2cscc21.O=C1C(=CC2=CC=C(N3c4ccccc4-c4ccccc4-c4ccccc43)C2)C(=O)c2cscc21.O=C1C(=CC2=CC=C(N3c4ccccc4N(c4ccccc4)c4ccccc43)C2)C(=O)c2cscc21.O=C1C(=CC2=CC=C(N3c4ccccc4N(c4ccccc4)c4cccnc43)C2)C(=O)c2cscc21. The number of aromatic nitrogens is 1. The molecule has 0 radical (unpaired) electrons. The summed E-state index contributed by atoms with van der Waals surface area (Å²) in [5.74, 6) is -0.524. The minimum absolute atomic E-state index is 0.165. The summed E-state index contributed by atoms with van der Waals surface area (Å²) in [7, 11) is 0. The Hall–Kier alpha value is -17.6. The molecule has 8 aliphatic carbocycles. The molecule has 0 amide bonds. The number of anilines is 14. The number of allylic oxidation sites excluding steroid dienone is 20. The van der Waals surface area contributed by atoms with E-state index in [1.165, 1.54) is 89.9 Å². The zero-order valence-electron chi connectivity index (χ0n) is 75.7. The Morgan fingerprint density at radius 2 is 0.394 bits per heavy atom. The summed E-state index contributed by atoms with van der Waals surface area (Å²) in [6.07, 6.45) is 27.8. The molecule has 12 aliphatic rings. The van der Waals surface area contributed by atoms with Crippen molar-refractivity contribution in [2.24, 2.45) is 0 Å². The quantitative estimate of drug-likeness (QED) is 0.0936. The second-order valence-electron chi connectivity index (χ2n) is 35.6. The largest absolute Gasteiger partial charge is 0.313 e. The molecular formula is C123H77N7O8S4. The summed E-state index contributed by atoms with van der Waals surface area (Å²) >= 11 is 5.58. The Labute approximate surface area is 833 Å². The number of fused-ring (bicyclic) bond motifs is 18. The second-order valence-corrected chi connectivity index (χ2v) is 38.6. The molecule has 16 aromatic rings. The van der Waals surface area contributed by atoms with Crippen LogP contribution in [-0.2, 0) is 0 Å². The Kier molecular flexibility index (Phi) is 21.5. The van der Waals surface area contributed by atoms with Gasteiger partial charge in [-0.2, -0.15) is 45.3 Å². The number of pyridine rings is 1. The van der Waals surface area contributed by atoms with Gasteiger partial charge < -0.3 is 24.5 Å². The highest BCUT2D eigenvalue weighted by Gasteiger charge is 2.42. The number of benzene rings is 11. The van der Waals surface area contributed by atoms with E-state index in [4.69, 9.17) is 4.98 Å². The van der Waals surface area contributed by atoms with Crippen molar-refractivity contribution < 1.29 is 38.4 Å². The number of hydrogen-bond acceptors (Lipinski definition) is 19. The number of rotatable bonds is 10. The molecule has 11 aromatic carbocycles. The van der Waals surface area contributed by atoms with Gasteiger partial charge in [-0.05, 0) is 190 Å². The highest BCUT2D eigenvalue weighted by molar-refractivity contribution is 7.09. The molecule has 0 saturated heterocycles. The van der Waals surface area contributed by atoms with E-state index in [0.29, 0.717) is 70.2 Å². The number of hydrogen-bond donors (Lipinski definition) is 0. The Morgan fingerprint density at radius 3 is 0.669 bits per heavy atom. The van der Waals surface area contributed by atoms with Crippen LogP contribution < -0.4 is 29.4 Å². The molecule has 9 heterocycles. The van der Waals surface area contributed by atoms with Crippen molar-refractivity contribution in [1.82, 2.24) is 4.98 Å². The predicted octanol–water partition coefficient (Wildman–Crippen LogP) is 30.7. The summed E-state index contributed by atoms with van der Waals surface area (Å²) in [6.45, 7) is 0. The van der Waals surface area contributed by atoms with Gasteiger partial charge in [0.25, 0.3) is 0 Å². The lowest BCUT2D eigenvalue weighted by Crippen LogP contribution is -2.27. The smallest absolute Gasteiger partial charge is 0.198 e. The summed E-state index contributed by atoms with van der Waals surface area (Å²) in [5, 5.41) is 14.1. The summed E-state index contributed by atoms with van der Waals surface area (Å²) in [5.41, 5.74) is 37.1. The molecular weight excluding hydrogens is 1830 g/mol. The summed E-state index contributed by atoms with van der Waals surface area (Å²) in [4.78, 5) is 121. The lowest BCUT2D eigenvalue weighted by Gasteiger charge is -2.40. The van der Waals surface area contributed by atoms with E-state index in [2.05, 4.69) is 302 Å². The number of carbonyl (C=O) groups is 8. The fourth-order valence-corrected chi connectivity index (χ4v) is 24.2. The average Bonchev–Trinajstić information content (AvgIpc) is 0.876. The fraction of sp³-hybridized carbons (Fsp3) is 0.0325. The third kappa shape index (κ3) is 14.5. The van der Waals surface area contributed by atoms with Gasteiger partial charge in [-0.3, -0.25) is 43.3 Å². The van der Waals surface area contributed by atoms with Crippen LogP contribution in [0.4, 0.5) is 79.8 Å². The normalized spacial score (nSPS) is 15.8. The van der Waals surface area contributed by atoms with Crippen LogP contribution in [0.3, 0.4) is 0 Å². The first kappa shape index (κ1) is 86.0. The number of nitrogens with zero attached hydrogens (tertiary/aromatic N) is 7. The standard InChI is InChI=1S/C31H20N2O2S.2C31H19NO2S.C30H19N3O2S/c34-30-23(31(35)25-19-36-18-24(25)30)17-20-14-15-22(16-20)33-28-12-6-4-10-26(28)32(21-8-2-1-3-9-21)27-11-5-7-13-29(27)33;2*33-30-25(31(34)27-18-35-17-26(27)30)16-19-13-14-20(15-19)32-28-11-5-3-9-23(28)21-7-1-2-8-22(21)24-10-4-6-12-29(24)32;34-28-22(29(35)24-18-36-17-23(24)28)16-19-12-13-21(15-19)33-26-10-5-4-9-25(26)32(20-7-2-1-3-8-20)27-11-6-14-31-30(27)33/h1-15,17-19H,16H2;2*1-14,16-18H,15H2;1-14,16-18H,15H2. The molecule has 676 valence electrons. The molecule has 5 aromatic heterocycles. The zero-order chi connectivity index (χ0) is 95.5. The molecule has 0 bridgehead atoms. The first-order chi connectivity index (χ1) is 69.8. The maximum atomic E-state index is 12.8. The molecule has 0 fully saturated rings. The second kappa shape index (κ2) is 35.4. The molecule has 15 nitrogen and oxygen atoms in total. The van der Waals surface area contributed by atoms with E-state index in [1.54, 1.807) is 67.3 Å². The van der Waals surface area contributed by atoms with Crippen LogP contribution >= 0.6 is 45.3 Å². The van der Waals surface area contributed by atoms with Gasteiger partial charge in [-0.25, -0.2) is 4.98 Å². The number of para-hydroxylation sites is 12. The van der Waals surface area contributed by atoms with E-state index in [1.807, 2.05) is 73.0 Å². The number of thiophene rings is 4. The molecule has 19 heteroatoms. The topological polar surface area (TPSA) is 169 Å². The lowest BCUT2D eigenvalue weighted by molar-refractivity contribution is 0.0973. The van der Waals surface area contributed by atoms with E-state index in [0.717, 1.165) is 125 Å². The van der Waals surface area contributed by atoms with Crippen LogP contribution in [-0.4, -0.2) is 51.2 Å². The summed E-state index contributed by atoms with van der Waals surface area (Å²) in [6, 6.07) is 101. The minimum atomic E-state index is -0.181. The van der Waals surface area contributed by atoms with Crippen LogP contribution in [0.2, 0.25) is 0 Å². The van der Waals surface area contributed by atoms with E-state index >= 15 is 0 Å². The zero-order valence-corrected chi connectivity index (χ0v) is 79.0. The Bertz CT molecular complexity index is 7790. The van der Waals surface area contributed by atoms with E-state index in [9.17, 15) is 38.4 Å². The van der Waals surface area contributed by atoms with Gasteiger partial charge in [0.1, 0.15) is 0 Å². The van der Waals surface area contributed by atoms with Gasteiger partial charge in [0.05, 0.1) is 84.9 Å². The first-order valence-electron chi connectivity index (χ1n) is 46.6. The van der Waals surface area contributed by atoms with Crippen LogP contribution in [0.15, 0.2) is 481 Å². The summed E-state index contributed by atoms with van der Waals surface area (Å²) < 4.78 is 0. The third-order valence-corrected chi connectivity index (χ3v) is 30.4. The Balaban J connectivity index is 0.0000000995. The molecule has 0 unspecified atom stereocenters. The van der Waals surface area contributed by atoms with Gasteiger partial charge in [-0.1, -0.05) is 218 Å². The van der Waals surface area contributed by atoms with Crippen molar-refractivity contribution >= 4 is 171 Å². The van der Waals surface area contributed by atoms with Crippen molar-refractivity contribution in [3.05, 3.63) is 525 Å². The average molecular weight is 1910 g/mol. The van der Waals surface area contributed by atoms with Gasteiger partial charge in [-0.15, -0.1) is 0 Å². The monoisotopic (exact) mass is 1910 g/mol. The van der Waals surface area contributed by atoms with E-state index < -0.39 is 0 Å². The van der Waals surface area contributed by atoms with Gasteiger partial charge in [0, 0.05) is 176 Å². The van der Waals surface area contributed by atoms with Gasteiger partial charge in [0.2, 0.25) is 0 Å². The highest BCUT2D eigenvalue weighted by Crippen LogP contribution is 2.58. The van der Waals surface area contributed by atoms with Crippen LogP contribution in [0, 0.1) is 0 Å². The van der Waals surface area contributed by atoms with Crippen molar-refractivity contribution in [2.45, 2.75) is 25.7 Å². The van der Waals surface area contributed by atoms with Gasteiger partial charge in [0.15, 0.2) is 52.1 Å². The third-order valence-electron chi connectivity index (χ3n) is 27.5. The van der Waals surface area contributed by atoms with Crippen molar-refractivity contribution in [3.8, 4) is 44.5 Å². The van der Waals surface area contributed by atoms with Crippen LogP contribution in [0.1, 0.15) is 109 Å². The first-order valence-corrected chi connectivity index (χ1v) is 50.4. The molecule has 0 N–H and O–H groups in total. The number of ketones is 8. The van der Waals surface area contributed by atoms with E-state index in [-0.39, 0.29) is 68.6 Å². The molecule has 28 rings (SSSR count). The maximum absolute atomic E-state index is 12.8. The maximum Gasteiger partial charge on any atom is 0.198 e. The molecule has 0 spiro atoms. The van der Waals surface area contributed by atoms with Crippen LogP contribution in [0.5, 0.6) is 0 Å². The van der Waals surface area contributed by atoms with Crippen molar-refractivity contribution in [1.29, 1.82) is 0 Å². The highest BCUT2D eigenvalue weighted by atomic mass is 32.1. The predicted molar refractivity (Wildman–Crippen MR) is 571 cm³/mol. The van der Waals surface area contributed by atoms with Gasteiger partial charge >= 0.3 is 0 Å². The molecule has 0 saturated carbocycles. The molecule has 4 aliphatic heterocycles. The van der Waals surface area contributed by atoms with Crippen molar-refractivity contribution in [3.63, 3.8) is 0 Å². The number of Topliss-reactive ketones (excluding diaryl/α,β-unsaturated/α-hetero) is 8. The Morgan fingerprint density at radius 1 is 0.190 bits per heavy atom.